The number of carbonyl (C=O) groups is 3. The summed E-state index contributed by atoms with van der Waals surface area (Å²) in [6, 6.07) is 5.07. The molecule has 0 unspecified atom stereocenters. The van der Waals surface area contributed by atoms with Crippen LogP contribution in [0.5, 0.6) is 5.75 Å². The van der Waals surface area contributed by atoms with Crippen LogP contribution in [0.25, 0.3) is 0 Å². The van der Waals surface area contributed by atoms with Crippen LogP contribution in [0.4, 0.5) is 0 Å². The Balaban J connectivity index is 1.98. The van der Waals surface area contributed by atoms with Gasteiger partial charge in [-0.3, -0.25) is 14.4 Å². The topological polar surface area (TPSA) is 78.9 Å². The summed E-state index contributed by atoms with van der Waals surface area (Å²) in [6.07, 6.45) is 2.49. The van der Waals surface area contributed by atoms with Crippen LogP contribution in [0.1, 0.15) is 21.8 Å². The van der Waals surface area contributed by atoms with Gasteiger partial charge < -0.3 is 14.2 Å². The zero-order chi connectivity index (χ0) is 16.4. The molecule has 2 aliphatic heterocycles. The highest BCUT2D eigenvalue weighted by molar-refractivity contribution is 6.12. The summed E-state index contributed by atoms with van der Waals surface area (Å²) in [5.41, 5.74) is -0.474. The number of fused-ring (bicyclic) bond motifs is 2. The molecule has 6 nitrogen and oxygen atoms in total. The molecule has 1 saturated heterocycles. The quantitative estimate of drug-likeness (QED) is 0.464. The molecule has 2 bridgehead atoms. The van der Waals surface area contributed by atoms with E-state index in [4.69, 9.17) is 14.2 Å². The molecule has 23 heavy (non-hydrogen) atoms. The van der Waals surface area contributed by atoms with E-state index in [0.717, 1.165) is 0 Å². The molecule has 0 saturated carbocycles. The number of carbonyl (C=O) groups excluding carboxylic acids is 3. The van der Waals surface area contributed by atoms with Crippen LogP contribution >= 0.6 is 0 Å². The van der Waals surface area contributed by atoms with Gasteiger partial charge in [-0.15, -0.1) is 0 Å². The van der Waals surface area contributed by atoms with Crippen molar-refractivity contribution in [3.63, 3.8) is 0 Å². The number of ketones is 1. The molecule has 2 aliphatic carbocycles. The molecule has 5 rings (SSSR count). The first kappa shape index (κ1) is 14.0. The summed E-state index contributed by atoms with van der Waals surface area (Å²) in [5, 5.41) is 0. The number of methoxy groups -OCH3 is 2. The van der Waals surface area contributed by atoms with Crippen molar-refractivity contribution >= 4 is 17.7 Å². The second-order valence-corrected chi connectivity index (χ2v) is 5.91. The van der Waals surface area contributed by atoms with E-state index >= 15 is 0 Å². The van der Waals surface area contributed by atoms with Gasteiger partial charge in [-0.05, 0) is 29.8 Å². The van der Waals surface area contributed by atoms with Crippen molar-refractivity contribution in [1.82, 2.24) is 0 Å². The van der Waals surface area contributed by atoms with Crippen LogP contribution in [0.2, 0.25) is 0 Å². The van der Waals surface area contributed by atoms with Gasteiger partial charge in [-0.2, -0.15) is 0 Å². The molecule has 118 valence electrons. The Morgan fingerprint density at radius 1 is 1.26 bits per heavy atom. The van der Waals surface area contributed by atoms with E-state index in [1.807, 2.05) is 0 Å². The van der Waals surface area contributed by atoms with Crippen LogP contribution in [0.3, 0.4) is 0 Å². The van der Waals surface area contributed by atoms with Gasteiger partial charge in [-0.25, -0.2) is 0 Å². The molecule has 4 atom stereocenters. The summed E-state index contributed by atoms with van der Waals surface area (Å²) in [5.74, 6) is -2.15. The lowest BCUT2D eigenvalue weighted by Gasteiger charge is -2.45. The first-order chi connectivity index (χ1) is 11.0. The molecule has 0 aromatic heterocycles. The number of rotatable bonds is 2. The monoisotopic (exact) mass is 314 g/mol. The Hall–Kier alpha value is -2.63. The van der Waals surface area contributed by atoms with Crippen LogP contribution in [-0.2, 0) is 19.1 Å². The van der Waals surface area contributed by atoms with Crippen LogP contribution < -0.4 is 4.74 Å². The van der Waals surface area contributed by atoms with E-state index in [2.05, 4.69) is 0 Å². The number of benzene rings is 1. The van der Waals surface area contributed by atoms with Crippen molar-refractivity contribution in [2.24, 2.45) is 11.3 Å². The third-order valence-electron chi connectivity index (χ3n) is 5.02. The van der Waals surface area contributed by atoms with Crippen molar-refractivity contribution in [1.29, 1.82) is 0 Å². The van der Waals surface area contributed by atoms with Crippen LogP contribution in [0.15, 0.2) is 30.4 Å². The third kappa shape index (κ3) is 1.50. The minimum Gasteiger partial charge on any atom is -0.497 e. The maximum Gasteiger partial charge on any atom is 0.328 e. The van der Waals surface area contributed by atoms with Gasteiger partial charge in [0, 0.05) is 11.5 Å². The van der Waals surface area contributed by atoms with E-state index in [1.165, 1.54) is 20.3 Å². The van der Waals surface area contributed by atoms with Crippen molar-refractivity contribution in [2.75, 3.05) is 14.2 Å². The second kappa shape index (κ2) is 4.44. The fourth-order valence-corrected chi connectivity index (χ4v) is 3.99. The average molecular weight is 314 g/mol. The van der Waals surface area contributed by atoms with Crippen molar-refractivity contribution in [2.45, 2.75) is 12.0 Å². The lowest BCUT2D eigenvalue weighted by molar-refractivity contribution is -0.183. The van der Waals surface area contributed by atoms with E-state index < -0.39 is 35.3 Å². The molecule has 0 spiro atoms. The molecule has 0 radical (unpaired) electrons. The molecule has 0 N–H and O–H groups in total. The fraction of sp³-hybridized carbons (Fsp3) is 0.353. The summed E-state index contributed by atoms with van der Waals surface area (Å²) in [6.45, 7) is 0. The molecule has 1 aromatic rings. The molecule has 0 amide bonds. The first-order valence-corrected chi connectivity index (χ1v) is 7.25. The number of hydrogen-bond acceptors (Lipinski definition) is 6. The Morgan fingerprint density at radius 2 is 2.04 bits per heavy atom. The lowest BCUT2D eigenvalue weighted by atomic mass is 9.62. The highest BCUT2D eigenvalue weighted by Crippen LogP contribution is 2.58. The summed E-state index contributed by atoms with van der Waals surface area (Å²) in [7, 11) is 2.74. The predicted molar refractivity (Wildman–Crippen MR) is 77.0 cm³/mol. The molecule has 1 aromatic carbocycles. The SMILES string of the molecule is COC(=O)[C@]12C=C[C@H](OC1=O)[C@H]1C(=O)c3ccc(OC)cc3[C@H]12. The smallest absolute Gasteiger partial charge is 0.328 e. The fourth-order valence-electron chi connectivity index (χ4n) is 3.99. The molecule has 6 heteroatoms. The van der Waals surface area contributed by atoms with Gasteiger partial charge in [0.1, 0.15) is 11.9 Å². The van der Waals surface area contributed by atoms with Crippen molar-refractivity contribution < 1.29 is 28.6 Å². The summed E-state index contributed by atoms with van der Waals surface area (Å²) >= 11 is 0. The maximum atomic E-state index is 12.8. The van der Waals surface area contributed by atoms with Gasteiger partial charge in [0.15, 0.2) is 11.2 Å². The Bertz CT molecular complexity index is 779. The average Bonchev–Trinajstić information content (AvgIpc) is 2.89. The molecule has 1 fully saturated rings. The normalized spacial score (nSPS) is 33.0. The highest BCUT2D eigenvalue weighted by atomic mass is 16.6. The van der Waals surface area contributed by atoms with E-state index in [9.17, 15) is 14.4 Å². The molecular weight excluding hydrogens is 300 g/mol. The van der Waals surface area contributed by atoms with Gasteiger partial charge in [-0.1, -0.05) is 6.08 Å². The largest absolute Gasteiger partial charge is 0.497 e. The van der Waals surface area contributed by atoms with Gasteiger partial charge in [0.2, 0.25) is 0 Å². The van der Waals surface area contributed by atoms with Gasteiger partial charge in [0.05, 0.1) is 20.1 Å². The number of ether oxygens (including phenoxy) is 3. The standard InChI is InChI=1S/C17H14O6/c1-21-8-3-4-9-10(7-8)13-12(14(9)18)11-5-6-17(13,15(19)22-2)16(20)23-11/h3-7,11-13H,1-2H3/t11-,12+,13+,17+/m0/s1. The Labute approximate surface area is 132 Å². The van der Waals surface area contributed by atoms with E-state index in [1.54, 1.807) is 24.3 Å². The first-order valence-electron chi connectivity index (χ1n) is 7.25. The van der Waals surface area contributed by atoms with Crippen LogP contribution in [-0.4, -0.2) is 38.0 Å². The predicted octanol–water partition coefficient (Wildman–Crippen LogP) is 1.25. The zero-order valence-electron chi connectivity index (χ0n) is 12.6. The minimum atomic E-state index is -1.61. The third-order valence-corrected chi connectivity index (χ3v) is 5.02. The van der Waals surface area contributed by atoms with E-state index in [0.29, 0.717) is 16.9 Å². The van der Waals surface area contributed by atoms with Gasteiger partial charge >= 0.3 is 11.9 Å². The summed E-state index contributed by atoms with van der Waals surface area (Å²) in [4.78, 5) is 37.7. The Morgan fingerprint density at radius 3 is 2.70 bits per heavy atom. The van der Waals surface area contributed by atoms with E-state index in [-0.39, 0.29) is 5.78 Å². The molecule has 4 aliphatic rings. The van der Waals surface area contributed by atoms with Gasteiger partial charge in [0.25, 0.3) is 0 Å². The summed E-state index contributed by atoms with van der Waals surface area (Å²) < 4.78 is 15.4. The van der Waals surface area contributed by atoms with Crippen molar-refractivity contribution in [3.8, 4) is 5.75 Å². The maximum absolute atomic E-state index is 12.8. The highest BCUT2D eigenvalue weighted by Gasteiger charge is 2.68. The number of esters is 2. The lowest BCUT2D eigenvalue weighted by Crippen LogP contribution is -2.57. The molecule has 2 heterocycles. The van der Waals surface area contributed by atoms with Crippen molar-refractivity contribution in [3.05, 3.63) is 41.5 Å². The Kier molecular flexibility index (Phi) is 2.70. The molecular formula is C17H14O6. The number of Topliss-reactive ketones (excluding diaryl/α,β-unsaturated/α-hetero) is 1. The van der Waals surface area contributed by atoms with Crippen LogP contribution in [0, 0.1) is 11.3 Å². The second-order valence-electron chi connectivity index (χ2n) is 5.91. The minimum absolute atomic E-state index is 0.122. The number of hydrogen-bond donors (Lipinski definition) is 0. The zero-order valence-corrected chi connectivity index (χ0v) is 12.6.